The minimum Gasteiger partial charge on any atom is -0.486 e. The van der Waals surface area contributed by atoms with E-state index in [0.717, 1.165) is 0 Å². The second-order valence-electron chi connectivity index (χ2n) is 4.72. The third kappa shape index (κ3) is 5.75. The Morgan fingerprint density at radius 1 is 1.17 bits per heavy atom. The van der Waals surface area contributed by atoms with Gasteiger partial charge in [-0.1, -0.05) is 0 Å². The molecule has 23 heavy (non-hydrogen) atoms. The van der Waals surface area contributed by atoms with Gasteiger partial charge in [-0.15, -0.1) is 0 Å². The van der Waals surface area contributed by atoms with Crippen LogP contribution in [-0.4, -0.2) is 17.7 Å². The number of halogens is 2. The first-order valence-electron chi connectivity index (χ1n) is 6.98. The van der Waals surface area contributed by atoms with E-state index in [1.807, 2.05) is 0 Å². The van der Waals surface area contributed by atoms with Crippen molar-refractivity contribution in [1.29, 1.82) is 0 Å². The molecule has 0 bridgehead atoms. The zero-order valence-electron chi connectivity index (χ0n) is 12.2. The summed E-state index contributed by atoms with van der Waals surface area (Å²) in [5.41, 5.74) is 0. The summed E-state index contributed by atoms with van der Waals surface area (Å²) >= 11 is 5.20. The average molecular weight is 340 g/mol. The van der Waals surface area contributed by atoms with E-state index in [-0.39, 0.29) is 30.5 Å². The quantitative estimate of drug-likeness (QED) is 0.592. The van der Waals surface area contributed by atoms with Gasteiger partial charge in [0.25, 0.3) is 5.91 Å². The minimum absolute atomic E-state index is 0.125. The second-order valence-corrected chi connectivity index (χ2v) is 5.14. The number of hydrogen-bond donors (Lipinski definition) is 1. The smallest absolute Gasteiger partial charge is 0.286 e. The molecule has 2 rings (SSSR count). The third-order valence-corrected chi connectivity index (χ3v) is 3.10. The lowest BCUT2D eigenvalue weighted by Crippen LogP contribution is -2.24. The first-order chi connectivity index (χ1) is 11.0. The van der Waals surface area contributed by atoms with Crippen LogP contribution < -0.4 is 10.1 Å². The van der Waals surface area contributed by atoms with E-state index < -0.39 is 5.24 Å². The molecule has 0 radical (unpaired) electrons. The molecule has 5 nitrogen and oxygen atoms in total. The molecule has 2 aromatic rings. The van der Waals surface area contributed by atoms with Gasteiger partial charge in [0.05, 0.1) is 0 Å². The zero-order chi connectivity index (χ0) is 16.7. The number of hydrogen-bond acceptors (Lipinski definition) is 4. The largest absolute Gasteiger partial charge is 0.486 e. The number of nitrogens with one attached hydrogen (secondary N) is 1. The number of benzene rings is 1. The molecule has 0 fully saturated rings. The topological polar surface area (TPSA) is 68.5 Å². The fourth-order valence-electron chi connectivity index (χ4n) is 1.78. The minimum atomic E-state index is -0.433. The summed E-state index contributed by atoms with van der Waals surface area (Å²) in [7, 11) is 0. The van der Waals surface area contributed by atoms with Gasteiger partial charge in [-0.3, -0.25) is 9.59 Å². The van der Waals surface area contributed by atoms with E-state index in [1.54, 1.807) is 6.07 Å². The molecular formula is C16H15ClFNO4. The maximum atomic E-state index is 12.8. The molecule has 0 aliphatic carbocycles. The Balaban J connectivity index is 1.79. The van der Waals surface area contributed by atoms with Crippen LogP contribution in [0.5, 0.6) is 5.75 Å². The van der Waals surface area contributed by atoms with E-state index in [9.17, 15) is 14.0 Å². The first-order valence-corrected chi connectivity index (χ1v) is 7.36. The Hall–Kier alpha value is -2.34. The summed E-state index contributed by atoms with van der Waals surface area (Å²) in [4.78, 5) is 22.4. The Morgan fingerprint density at radius 2 is 1.91 bits per heavy atom. The fraction of sp³-hybridized carbons (Fsp3) is 0.250. The van der Waals surface area contributed by atoms with Gasteiger partial charge in [-0.25, -0.2) is 4.39 Å². The van der Waals surface area contributed by atoms with Crippen LogP contribution >= 0.6 is 11.6 Å². The summed E-state index contributed by atoms with van der Waals surface area (Å²) in [5, 5.41) is 2.19. The van der Waals surface area contributed by atoms with Crippen molar-refractivity contribution in [2.24, 2.45) is 0 Å². The predicted octanol–water partition coefficient (Wildman–Crippen LogP) is 3.27. The maximum Gasteiger partial charge on any atom is 0.286 e. The van der Waals surface area contributed by atoms with Gasteiger partial charge in [-0.05, 0) is 54.4 Å². The summed E-state index contributed by atoms with van der Waals surface area (Å²) < 4.78 is 23.6. The van der Waals surface area contributed by atoms with Crippen molar-refractivity contribution in [2.75, 3.05) is 6.54 Å². The SMILES string of the molecule is O=C(Cl)CCCNC(=O)c1ccc(COc2ccc(F)cc2)o1. The van der Waals surface area contributed by atoms with E-state index >= 15 is 0 Å². The molecule has 7 heteroatoms. The van der Waals surface area contributed by atoms with Crippen LogP contribution in [0.1, 0.15) is 29.2 Å². The molecule has 1 aromatic carbocycles. The highest BCUT2D eigenvalue weighted by atomic mass is 35.5. The lowest BCUT2D eigenvalue weighted by molar-refractivity contribution is -0.111. The van der Waals surface area contributed by atoms with Gasteiger partial charge in [0.15, 0.2) is 5.76 Å². The van der Waals surface area contributed by atoms with Crippen molar-refractivity contribution in [3.05, 3.63) is 53.7 Å². The molecule has 0 atom stereocenters. The summed E-state index contributed by atoms with van der Waals surface area (Å²) in [6.45, 7) is 0.457. The van der Waals surface area contributed by atoms with E-state index in [4.69, 9.17) is 20.8 Å². The Kier molecular flexibility index (Phi) is 6.17. The van der Waals surface area contributed by atoms with Gasteiger partial charge < -0.3 is 14.5 Å². The Labute approximate surface area is 137 Å². The van der Waals surface area contributed by atoms with Gasteiger partial charge in [-0.2, -0.15) is 0 Å². The molecule has 1 heterocycles. The van der Waals surface area contributed by atoms with Crippen molar-refractivity contribution in [3.8, 4) is 5.75 Å². The van der Waals surface area contributed by atoms with E-state index in [2.05, 4.69) is 5.32 Å². The van der Waals surface area contributed by atoms with Gasteiger partial charge in [0.2, 0.25) is 5.24 Å². The predicted molar refractivity (Wildman–Crippen MR) is 81.9 cm³/mol. The van der Waals surface area contributed by atoms with Gasteiger partial charge >= 0.3 is 0 Å². The second kappa shape index (κ2) is 8.33. The molecule has 1 N–H and O–H groups in total. The van der Waals surface area contributed by atoms with Gasteiger partial charge in [0.1, 0.15) is 23.9 Å². The fourth-order valence-corrected chi connectivity index (χ4v) is 1.91. The van der Waals surface area contributed by atoms with Crippen molar-refractivity contribution in [1.82, 2.24) is 5.32 Å². The summed E-state index contributed by atoms with van der Waals surface area (Å²) in [6.07, 6.45) is 0.673. The number of furan rings is 1. The molecule has 1 aromatic heterocycles. The monoisotopic (exact) mass is 339 g/mol. The molecule has 0 saturated heterocycles. The Morgan fingerprint density at radius 3 is 2.61 bits per heavy atom. The molecular weight excluding hydrogens is 325 g/mol. The van der Waals surface area contributed by atoms with Crippen LogP contribution in [0.15, 0.2) is 40.8 Å². The lowest BCUT2D eigenvalue weighted by atomic mass is 10.3. The van der Waals surface area contributed by atoms with Crippen LogP contribution in [0.3, 0.4) is 0 Å². The highest BCUT2D eigenvalue weighted by Gasteiger charge is 2.11. The lowest BCUT2D eigenvalue weighted by Gasteiger charge is -2.04. The van der Waals surface area contributed by atoms with Crippen LogP contribution in [0.2, 0.25) is 0 Å². The average Bonchev–Trinajstić information content (AvgIpc) is 3.00. The highest BCUT2D eigenvalue weighted by Crippen LogP contribution is 2.15. The number of carbonyl (C=O) groups excluding carboxylic acids is 2. The van der Waals surface area contributed by atoms with Crippen molar-refractivity contribution in [2.45, 2.75) is 19.4 Å². The summed E-state index contributed by atoms with van der Waals surface area (Å²) in [6, 6.07) is 8.75. The third-order valence-electron chi connectivity index (χ3n) is 2.92. The highest BCUT2D eigenvalue weighted by molar-refractivity contribution is 6.63. The number of amides is 1. The molecule has 0 aliphatic rings. The molecule has 0 unspecified atom stereocenters. The van der Waals surface area contributed by atoms with Crippen LogP contribution in [-0.2, 0) is 11.4 Å². The van der Waals surface area contributed by atoms with Crippen molar-refractivity contribution >= 4 is 22.8 Å². The number of carbonyl (C=O) groups is 2. The first kappa shape index (κ1) is 17.0. The standard InChI is InChI=1S/C16H15ClFNO4/c17-15(20)2-1-9-19-16(21)14-8-7-13(23-14)10-22-12-5-3-11(18)4-6-12/h3-8H,1-2,9-10H2,(H,19,21). The van der Waals surface area contributed by atoms with Crippen LogP contribution in [0.4, 0.5) is 4.39 Å². The maximum absolute atomic E-state index is 12.8. The summed E-state index contributed by atoms with van der Waals surface area (Å²) in [5.74, 6) is 0.403. The Bertz CT molecular complexity index is 669. The molecule has 122 valence electrons. The van der Waals surface area contributed by atoms with Gasteiger partial charge in [0, 0.05) is 13.0 Å². The molecule has 0 aliphatic heterocycles. The van der Waals surface area contributed by atoms with E-state index in [1.165, 1.54) is 30.3 Å². The van der Waals surface area contributed by atoms with Crippen LogP contribution in [0, 0.1) is 5.82 Å². The molecule has 1 amide bonds. The van der Waals surface area contributed by atoms with E-state index in [0.29, 0.717) is 24.5 Å². The number of rotatable bonds is 8. The molecule has 0 saturated carbocycles. The van der Waals surface area contributed by atoms with Crippen molar-refractivity contribution in [3.63, 3.8) is 0 Å². The van der Waals surface area contributed by atoms with Crippen LogP contribution in [0.25, 0.3) is 0 Å². The zero-order valence-corrected chi connectivity index (χ0v) is 12.9. The molecule has 0 spiro atoms. The normalized spacial score (nSPS) is 10.3. The number of ether oxygens (including phenoxy) is 1. The van der Waals surface area contributed by atoms with Crippen molar-refractivity contribution < 1.29 is 23.1 Å².